The van der Waals surface area contributed by atoms with E-state index in [0.717, 1.165) is 11.3 Å². The van der Waals surface area contributed by atoms with Gasteiger partial charge in [0.05, 0.1) is 18.2 Å². The highest BCUT2D eigenvalue weighted by atomic mass is 19.1. The number of ether oxygens (including phenoxy) is 1. The van der Waals surface area contributed by atoms with Gasteiger partial charge in [0.2, 0.25) is 0 Å². The van der Waals surface area contributed by atoms with Crippen LogP contribution in [0, 0.1) is 17.2 Å². The standard InChI is InChI=1S/C24H26FN3O3/c1-6-15-11-18(13(3)29)26-20-12-19(27-28(15)20)16-9-8-14(10-17(16)25)21-22(24(21,4)5)23(30)31-7-2/h8-12,21-22H,6-7H2,1-5H3/t21?,22-/m0/s1. The number of carbonyl (C=O) groups is 2. The second kappa shape index (κ2) is 7.55. The van der Waals surface area contributed by atoms with Gasteiger partial charge in [-0.3, -0.25) is 9.59 Å². The first-order valence-corrected chi connectivity index (χ1v) is 10.6. The zero-order chi connectivity index (χ0) is 22.5. The first-order chi connectivity index (χ1) is 14.7. The maximum atomic E-state index is 15.1. The van der Waals surface area contributed by atoms with Crippen LogP contribution in [0.4, 0.5) is 4.39 Å². The van der Waals surface area contributed by atoms with E-state index in [2.05, 4.69) is 10.1 Å². The molecule has 0 spiro atoms. The molecule has 1 aliphatic carbocycles. The van der Waals surface area contributed by atoms with Gasteiger partial charge in [-0.05, 0) is 42.5 Å². The molecule has 3 aromatic rings. The number of Topliss-reactive ketones (excluding diaryl/α,β-unsaturated/α-hetero) is 1. The second-order valence-electron chi connectivity index (χ2n) is 8.61. The molecule has 1 saturated carbocycles. The quantitative estimate of drug-likeness (QED) is 0.428. The Hall–Kier alpha value is -3.09. The largest absolute Gasteiger partial charge is 0.466 e. The summed E-state index contributed by atoms with van der Waals surface area (Å²) in [7, 11) is 0. The predicted molar refractivity (Wildman–Crippen MR) is 114 cm³/mol. The summed E-state index contributed by atoms with van der Waals surface area (Å²) in [5.74, 6) is -1.12. The van der Waals surface area contributed by atoms with Crippen molar-refractivity contribution in [3.05, 3.63) is 53.1 Å². The summed E-state index contributed by atoms with van der Waals surface area (Å²) in [5.41, 5.74) is 3.01. The van der Waals surface area contributed by atoms with Crippen LogP contribution in [0.1, 0.15) is 62.3 Å². The number of nitrogens with zero attached hydrogens (tertiary/aromatic N) is 3. The summed E-state index contributed by atoms with van der Waals surface area (Å²) in [6.07, 6.45) is 0.661. The van der Waals surface area contributed by atoms with E-state index in [1.165, 1.54) is 13.0 Å². The Morgan fingerprint density at radius 1 is 1.19 bits per heavy atom. The van der Waals surface area contributed by atoms with Crippen LogP contribution in [-0.4, -0.2) is 33.0 Å². The smallest absolute Gasteiger partial charge is 0.310 e. The molecule has 162 valence electrons. The van der Waals surface area contributed by atoms with E-state index in [-0.39, 0.29) is 29.0 Å². The van der Waals surface area contributed by atoms with Gasteiger partial charge < -0.3 is 4.74 Å². The Balaban J connectivity index is 1.70. The lowest BCUT2D eigenvalue weighted by Crippen LogP contribution is -2.10. The molecule has 4 rings (SSSR count). The minimum atomic E-state index is -0.406. The minimum absolute atomic E-state index is 0.0809. The number of aromatic nitrogens is 3. The topological polar surface area (TPSA) is 73.6 Å². The Labute approximate surface area is 180 Å². The van der Waals surface area contributed by atoms with Gasteiger partial charge in [-0.1, -0.05) is 26.8 Å². The summed E-state index contributed by atoms with van der Waals surface area (Å²) >= 11 is 0. The van der Waals surface area contributed by atoms with Gasteiger partial charge in [0.1, 0.15) is 11.5 Å². The van der Waals surface area contributed by atoms with Crippen LogP contribution < -0.4 is 0 Å². The normalized spacial score (nSPS) is 19.4. The molecule has 1 fully saturated rings. The molecule has 0 radical (unpaired) electrons. The number of aryl methyl sites for hydroxylation is 1. The fourth-order valence-corrected chi connectivity index (χ4v) is 4.46. The number of halogens is 1. The predicted octanol–water partition coefficient (Wildman–Crippen LogP) is 4.60. The fraction of sp³-hybridized carbons (Fsp3) is 0.417. The molecular weight excluding hydrogens is 397 g/mol. The van der Waals surface area contributed by atoms with Crippen molar-refractivity contribution < 1.29 is 18.7 Å². The molecule has 2 aromatic heterocycles. The number of rotatable bonds is 6. The second-order valence-corrected chi connectivity index (χ2v) is 8.61. The van der Waals surface area contributed by atoms with Crippen LogP contribution in [0.15, 0.2) is 30.3 Å². The molecule has 7 heteroatoms. The molecule has 1 aromatic carbocycles. The number of hydrogen-bond donors (Lipinski definition) is 0. The van der Waals surface area contributed by atoms with Crippen LogP contribution in [-0.2, 0) is 16.0 Å². The Morgan fingerprint density at radius 2 is 1.94 bits per heavy atom. The highest BCUT2D eigenvalue weighted by molar-refractivity contribution is 5.92. The number of hydrogen-bond acceptors (Lipinski definition) is 5. The molecular formula is C24H26FN3O3. The number of esters is 1. The molecule has 0 aliphatic heterocycles. The van der Waals surface area contributed by atoms with Crippen molar-refractivity contribution in [2.45, 2.75) is 47.0 Å². The van der Waals surface area contributed by atoms with Crippen molar-refractivity contribution in [2.75, 3.05) is 6.61 Å². The molecule has 0 saturated heterocycles. The van der Waals surface area contributed by atoms with E-state index in [9.17, 15) is 9.59 Å². The third-order valence-electron chi connectivity index (χ3n) is 6.22. The lowest BCUT2D eigenvalue weighted by Gasteiger charge is -2.06. The van der Waals surface area contributed by atoms with Crippen LogP contribution in [0.25, 0.3) is 16.9 Å². The lowest BCUT2D eigenvalue weighted by atomic mass is 10.0. The van der Waals surface area contributed by atoms with Crippen molar-refractivity contribution in [2.24, 2.45) is 11.3 Å². The monoisotopic (exact) mass is 423 g/mol. The number of benzene rings is 1. The molecule has 0 amide bonds. The zero-order valence-electron chi connectivity index (χ0n) is 18.4. The SMILES string of the molecule is CCOC(=O)[C@@H]1C(c2ccc(-c3cc4nc(C(C)=O)cc(CC)n4n3)c(F)c2)C1(C)C. The average Bonchev–Trinajstić information content (AvgIpc) is 3.06. The highest BCUT2D eigenvalue weighted by Gasteiger charge is 2.63. The van der Waals surface area contributed by atoms with Gasteiger partial charge in [-0.25, -0.2) is 13.9 Å². The fourth-order valence-electron chi connectivity index (χ4n) is 4.46. The third kappa shape index (κ3) is 3.52. The molecule has 0 N–H and O–H groups in total. The van der Waals surface area contributed by atoms with E-state index in [0.29, 0.717) is 35.6 Å². The van der Waals surface area contributed by atoms with E-state index < -0.39 is 5.82 Å². The van der Waals surface area contributed by atoms with Crippen LogP contribution in [0.5, 0.6) is 0 Å². The van der Waals surface area contributed by atoms with Crippen molar-refractivity contribution in [3.63, 3.8) is 0 Å². The van der Waals surface area contributed by atoms with Gasteiger partial charge in [0.15, 0.2) is 11.4 Å². The molecule has 2 heterocycles. The van der Waals surface area contributed by atoms with Crippen LogP contribution in [0.2, 0.25) is 0 Å². The van der Waals surface area contributed by atoms with E-state index in [1.54, 1.807) is 29.6 Å². The molecule has 1 unspecified atom stereocenters. The molecule has 31 heavy (non-hydrogen) atoms. The highest BCUT2D eigenvalue weighted by Crippen LogP contribution is 2.64. The Bertz CT molecular complexity index is 1200. The lowest BCUT2D eigenvalue weighted by molar-refractivity contribution is -0.145. The van der Waals surface area contributed by atoms with Gasteiger partial charge >= 0.3 is 5.97 Å². The third-order valence-corrected chi connectivity index (χ3v) is 6.22. The summed E-state index contributed by atoms with van der Waals surface area (Å²) in [4.78, 5) is 28.4. The Morgan fingerprint density at radius 3 is 2.55 bits per heavy atom. The maximum Gasteiger partial charge on any atom is 0.310 e. The number of fused-ring (bicyclic) bond motifs is 1. The van der Waals surface area contributed by atoms with Crippen LogP contribution in [0.3, 0.4) is 0 Å². The summed E-state index contributed by atoms with van der Waals surface area (Å²) in [6.45, 7) is 9.54. The average molecular weight is 423 g/mol. The molecule has 2 atom stereocenters. The van der Waals surface area contributed by atoms with E-state index in [1.807, 2.05) is 26.8 Å². The molecule has 1 aliphatic rings. The molecule has 6 nitrogen and oxygen atoms in total. The summed E-state index contributed by atoms with van der Waals surface area (Å²) < 4.78 is 22.0. The zero-order valence-corrected chi connectivity index (χ0v) is 18.4. The summed E-state index contributed by atoms with van der Waals surface area (Å²) in [6, 6.07) is 8.44. The van der Waals surface area contributed by atoms with Crippen molar-refractivity contribution in [3.8, 4) is 11.3 Å². The molecule has 0 bridgehead atoms. The first kappa shape index (κ1) is 21.2. The van der Waals surface area contributed by atoms with Gasteiger partial charge in [0, 0.05) is 30.2 Å². The number of ketones is 1. The van der Waals surface area contributed by atoms with Gasteiger partial charge in [-0.2, -0.15) is 5.10 Å². The summed E-state index contributed by atoms with van der Waals surface area (Å²) in [5, 5.41) is 4.53. The van der Waals surface area contributed by atoms with Gasteiger partial charge in [0.25, 0.3) is 0 Å². The van der Waals surface area contributed by atoms with Crippen molar-refractivity contribution >= 4 is 17.4 Å². The Kier molecular flexibility index (Phi) is 5.15. The maximum absolute atomic E-state index is 15.1. The van der Waals surface area contributed by atoms with Crippen LogP contribution >= 0.6 is 0 Å². The van der Waals surface area contributed by atoms with Gasteiger partial charge in [-0.15, -0.1) is 0 Å². The van der Waals surface area contributed by atoms with E-state index in [4.69, 9.17) is 4.74 Å². The van der Waals surface area contributed by atoms with E-state index >= 15 is 4.39 Å². The minimum Gasteiger partial charge on any atom is -0.466 e. The first-order valence-electron chi connectivity index (χ1n) is 10.6. The van der Waals surface area contributed by atoms with Crippen molar-refractivity contribution in [1.29, 1.82) is 0 Å². The number of carbonyl (C=O) groups excluding carboxylic acids is 2. The van der Waals surface area contributed by atoms with Crippen molar-refractivity contribution in [1.82, 2.24) is 14.6 Å².